The SMILES string of the molecule is CCOC(=O)c1cc(C)cc(F)c1Cl. The van der Waals surface area contributed by atoms with E-state index < -0.39 is 11.8 Å². The van der Waals surface area contributed by atoms with Crippen LogP contribution in [0.1, 0.15) is 22.8 Å². The second kappa shape index (κ2) is 4.42. The molecule has 0 bridgehead atoms. The number of benzene rings is 1. The minimum absolute atomic E-state index is 0.0750. The summed E-state index contributed by atoms with van der Waals surface area (Å²) in [4.78, 5) is 11.3. The Bertz CT molecular complexity index is 363. The maximum atomic E-state index is 13.1. The molecule has 0 aliphatic rings. The summed E-state index contributed by atoms with van der Waals surface area (Å²) in [6, 6.07) is 2.77. The van der Waals surface area contributed by atoms with Crippen LogP contribution in [0.15, 0.2) is 12.1 Å². The molecule has 2 nitrogen and oxygen atoms in total. The number of esters is 1. The van der Waals surface area contributed by atoms with Crippen molar-refractivity contribution in [2.75, 3.05) is 6.61 Å². The van der Waals surface area contributed by atoms with Gasteiger partial charge in [0.2, 0.25) is 0 Å². The van der Waals surface area contributed by atoms with Gasteiger partial charge < -0.3 is 4.74 Å². The number of rotatable bonds is 2. The molecule has 76 valence electrons. The van der Waals surface area contributed by atoms with E-state index in [9.17, 15) is 9.18 Å². The number of halogens is 2. The van der Waals surface area contributed by atoms with E-state index in [1.54, 1.807) is 13.8 Å². The van der Waals surface area contributed by atoms with E-state index in [0.29, 0.717) is 5.56 Å². The molecule has 0 atom stereocenters. The van der Waals surface area contributed by atoms with Crippen molar-refractivity contribution in [1.82, 2.24) is 0 Å². The van der Waals surface area contributed by atoms with Gasteiger partial charge in [-0.05, 0) is 31.5 Å². The maximum Gasteiger partial charge on any atom is 0.339 e. The number of hydrogen-bond acceptors (Lipinski definition) is 2. The van der Waals surface area contributed by atoms with Gasteiger partial charge in [-0.25, -0.2) is 9.18 Å². The Balaban J connectivity index is 3.13. The van der Waals surface area contributed by atoms with Crippen LogP contribution >= 0.6 is 11.6 Å². The van der Waals surface area contributed by atoms with Gasteiger partial charge in [-0.3, -0.25) is 0 Å². The molecule has 1 aromatic rings. The van der Waals surface area contributed by atoms with Crippen molar-refractivity contribution in [1.29, 1.82) is 0 Å². The Morgan fingerprint density at radius 1 is 1.57 bits per heavy atom. The molecule has 0 radical (unpaired) electrons. The van der Waals surface area contributed by atoms with Crippen molar-refractivity contribution in [2.24, 2.45) is 0 Å². The van der Waals surface area contributed by atoms with Gasteiger partial charge in [0, 0.05) is 0 Å². The summed E-state index contributed by atoms with van der Waals surface area (Å²) in [6.45, 7) is 3.60. The van der Waals surface area contributed by atoms with Gasteiger partial charge in [0.15, 0.2) is 0 Å². The molecule has 0 saturated carbocycles. The van der Waals surface area contributed by atoms with Crippen LogP contribution in [0.5, 0.6) is 0 Å². The third-order valence-corrected chi connectivity index (χ3v) is 2.05. The molecule has 0 aliphatic heterocycles. The van der Waals surface area contributed by atoms with E-state index in [0.717, 1.165) is 0 Å². The van der Waals surface area contributed by atoms with Gasteiger partial charge in [0.25, 0.3) is 0 Å². The lowest BCUT2D eigenvalue weighted by atomic mass is 10.1. The molecule has 1 rings (SSSR count). The van der Waals surface area contributed by atoms with Gasteiger partial charge in [-0.2, -0.15) is 0 Å². The van der Waals surface area contributed by atoms with Crippen LogP contribution < -0.4 is 0 Å². The molecule has 0 saturated heterocycles. The van der Waals surface area contributed by atoms with Gasteiger partial charge in [0.1, 0.15) is 5.82 Å². The average molecular weight is 217 g/mol. The van der Waals surface area contributed by atoms with Crippen molar-refractivity contribution in [2.45, 2.75) is 13.8 Å². The second-order valence-corrected chi connectivity index (χ2v) is 3.21. The van der Waals surface area contributed by atoms with E-state index in [1.807, 2.05) is 0 Å². The third kappa shape index (κ3) is 2.23. The molecule has 0 aromatic heterocycles. The van der Waals surface area contributed by atoms with E-state index in [2.05, 4.69) is 0 Å². The predicted octanol–water partition coefficient (Wildman–Crippen LogP) is 2.96. The Morgan fingerprint density at radius 2 is 2.21 bits per heavy atom. The summed E-state index contributed by atoms with van der Waals surface area (Å²) >= 11 is 5.62. The molecule has 0 spiro atoms. The molecule has 0 aliphatic carbocycles. The van der Waals surface area contributed by atoms with Gasteiger partial charge in [-0.1, -0.05) is 11.6 Å². The van der Waals surface area contributed by atoms with Crippen LogP contribution in [0.2, 0.25) is 5.02 Å². The van der Waals surface area contributed by atoms with Crippen molar-refractivity contribution in [3.63, 3.8) is 0 Å². The summed E-state index contributed by atoms with van der Waals surface area (Å²) in [5, 5.41) is -0.186. The lowest BCUT2D eigenvalue weighted by Gasteiger charge is -2.05. The van der Waals surface area contributed by atoms with Crippen LogP contribution in [-0.4, -0.2) is 12.6 Å². The van der Waals surface area contributed by atoms with Crippen LogP contribution in [-0.2, 0) is 4.74 Å². The number of ether oxygens (including phenoxy) is 1. The first-order chi connectivity index (χ1) is 6.56. The largest absolute Gasteiger partial charge is 0.462 e. The number of carbonyl (C=O) groups is 1. The van der Waals surface area contributed by atoms with Gasteiger partial charge >= 0.3 is 5.97 Å². The number of aryl methyl sites for hydroxylation is 1. The molecule has 1 aromatic carbocycles. The van der Waals surface area contributed by atoms with Crippen molar-refractivity contribution in [3.8, 4) is 0 Å². The Morgan fingerprint density at radius 3 is 2.79 bits per heavy atom. The fourth-order valence-electron chi connectivity index (χ4n) is 1.08. The smallest absolute Gasteiger partial charge is 0.339 e. The van der Waals surface area contributed by atoms with Crippen molar-refractivity contribution < 1.29 is 13.9 Å². The minimum Gasteiger partial charge on any atom is -0.462 e. The first-order valence-corrected chi connectivity index (χ1v) is 4.56. The van der Waals surface area contributed by atoms with Crippen LogP contribution in [0.3, 0.4) is 0 Å². The van der Waals surface area contributed by atoms with Crippen LogP contribution in [0, 0.1) is 12.7 Å². The fourth-order valence-corrected chi connectivity index (χ4v) is 1.27. The lowest BCUT2D eigenvalue weighted by molar-refractivity contribution is 0.0526. The zero-order chi connectivity index (χ0) is 10.7. The van der Waals surface area contributed by atoms with Crippen molar-refractivity contribution in [3.05, 3.63) is 34.1 Å². The molecule has 0 heterocycles. The van der Waals surface area contributed by atoms with Crippen molar-refractivity contribution >= 4 is 17.6 Å². The highest BCUT2D eigenvalue weighted by Gasteiger charge is 2.15. The van der Waals surface area contributed by atoms with E-state index in [4.69, 9.17) is 16.3 Å². The third-order valence-electron chi connectivity index (χ3n) is 1.67. The quantitative estimate of drug-likeness (QED) is 0.711. The highest BCUT2D eigenvalue weighted by atomic mass is 35.5. The molecule has 4 heteroatoms. The number of hydrogen-bond donors (Lipinski definition) is 0. The zero-order valence-corrected chi connectivity index (χ0v) is 8.69. The monoisotopic (exact) mass is 216 g/mol. The summed E-state index contributed by atoms with van der Waals surface area (Å²) in [5.41, 5.74) is 0.709. The van der Waals surface area contributed by atoms with Gasteiger partial charge in [0.05, 0.1) is 17.2 Å². The highest BCUT2D eigenvalue weighted by Crippen LogP contribution is 2.22. The van der Waals surface area contributed by atoms with Crippen LogP contribution in [0.4, 0.5) is 4.39 Å². The summed E-state index contributed by atoms with van der Waals surface area (Å²) < 4.78 is 17.8. The van der Waals surface area contributed by atoms with E-state index in [-0.39, 0.29) is 17.2 Å². The molecule has 0 unspecified atom stereocenters. The fraction of sp³-hybridized carbons (Fsp3) is 0.300. The van der Waals surface area contributed by atoms with Crippen LogP contribution in [0.25, 0.3) is 0 Å². The van der Waals surface area contributed by atoms with E-state index in [1.165, 1.54) is 12.1 Å². The molecule has 0 N–H and O–H groups in total. The first kappa shape index (κ1) is 11.0. The standard InChI is InChI=1S/C10H10ClFO2/c1-3-14-10(13)7-4-6(2)5-8(12)9(7)11/h4-5H,3H2,1-2H3. The minimum atomic E-state index is -0.602. The lowest BCUT2D eigenvalue weighted by Crippen LogP contribution is -2.06. The maximum absolute atomic E-state index is 13.1. The number of carbonyl (C=O) groups excluding carboxylic acids is 1. The molecular formula is C10H10ClFO2. The predicted molar refractivity (Wildman–Crippen MR) is 52.1 cm³/mol. The molecule has 14 heavy (non-hydrogen) atoms. The summed E-state index contributed by atoms with van der Waals surface area (Å²) in [6.07, 6.45) is 0. The summed E-state index contributed by atoms with van der Waals surface area (Å²) in [5.74, 6) is -1.20. The average Bonchev–Trinajstić information content (AvgIpc) is 2.11. The molecule has 0 amide bonds. The Labute approximate surface area is 86.6 Å². The summed E-state index contributed by atoms with van der Waals surface area (Å²) in [7, 11) is 0. The van der Waals surface area contributed by atoms with Gasteiger partial charge in [-0.15, -0.1) is 0 Å². The molecular weight excluding hydrogens is 207 g/mol. The normalized spacial score (nSPS) is 10.0. The Hall–Kier alpha value is -1.09. The Kier molecular flexibility index (Phi) is 3.47. The first-order valence-electron chi connectivity index (χ1n) is 4.19. The highest BCUT2D eigenvalue weighted by molar-refractivity contribution is 6.33. The van der Waals surface area contributed by atoms with E-state index >= 15 is 0 Å². The topological polar surface area (TPSA) is 26.3 Å². The second-order valence-electron chi connectivity index (χ2n) is 2.83. The zero-order valence-electron chi connectivity index (χ0n) is 7.93. The molecule has 0 fully saturated rings.